The maximum absolute atomic E-state index is 9.89. The summed E-state index contributed by atoms with van der Waals surface area (Å²) in [7, 11) is 1.52. The van der Waals surface area contributed by atoms with Crippen molar-refractivity contribution in [1.82, 2.24) is 0 Å². The maximum atomic E-state index is 9.89. The highest BCUT2D eigenvalue weighted by Crippen LogP contribution is 2.33. The van der Waals surface area contributed by atoms with Gasteiger partial charge in [-0.3, -0.25) is 0 Å². The van der Waals surface area contributed by atoms with E-state index in [1.165, 1.54) is 7.11 Å². The van der Waals surface area contributed by atoms with E-state index in [2.05, 4.69) is 0 Å². The van der Waals surface area contributed by atoms with Crippen molar-refractivity contribution < 1.29 is 24.1 Å². The van der Waals surface area contributed by atoms with Gasteiger partial charge in [0.25, 0.3) is 0 Å². The zero-order chi connectivity index (χ0) is 13.2. The Bertz CT molecular complexity index is 410. The molecular formula is C14H18O5. The Hall–Kier alpha value is -0.980. The Morgan fingerprint density at radius 2 is 1.95 bits per heavy atom. The first-order valence-corrected chi connectivity index (χ1v) is 6.46. The summed E-state index contributed by atoms with van der Waals surface area (Å²) in [4.78, 5) is 0. The maximum Gasteiger partial charge on any atom is 0.184 e. The Morgan fingerprint density at radius 1 is 1.16 bits per heavy atom. The van der Waals surface area contributed by atoms with Crippen LogP contribution < -0.4 is 0 Å². The predicted octanol–water partition coefficient (Wildman–Crippen LogP) is 1.22. The van der Waals surface area contributed by atoms with Crippen LogP contribution in [0.1, 0.15) is 18.3 Å². The van der Waals surface area contributed by atoms with Gasteiger partial charge >= 0.3 is 0 Å². The number of aliphatic hydroxyl groups is 1. The molecule has 2 fully saturated rings. The third kappa shape index (κ3) is 2.66. The van der Waals surface area contributed by atoms with Crippen LogP contribution in [0.25, 0.3) is 0 Å². The molecule has 0 spiro atoms. The van der Waals surface area contributed by atoms with Crippen molar-refractivity contribution >= 4 is 0 Å². The van der Waals surface area contributed by atoms with Gasteiger partial charge in [0.05, 0.1) is 12.7 Å². The van der Waals surface area contributed by atoms with Gasteiger partial charge in [-0.05, 0) is 0 Å². The van der Waals surface area contributed by atoms with Crippen molar-refractivity contribution in [3.8, 4) is 0 Å². The van der Waals surface area contributed by atoms with E-state index in [1.54, 1.807) is 0 Å². The van der Waals surface area contributed by atoms with E-state index in [-0.39, 0.29) is 12.2 Å². The molecule has 1 aromatic rings. The Kier molecular flexibility index (Phi) is 3.81. The summed E-state index contributed by atoms with van der Waals surface area (Å²) in [5, 5.41) is 9.89. The normalized spacial score (nSPS) is 38.7. The lowest BCUT2D eigenvalue weighted by molar-refractivity contribution is -0.333. The molecule has 2 heterocycles. The highest BCUT2D eigenvalue weighted by molar-refractivity contribution is 5.16. The van der Waals surface area contributed by atoms with Crippen molar-refractivity contribution in [1.29, 1.82) is 0 Å². The van der Waals surface area contributed by atoms with Crippen LogP contribution in [0, 0.1) is 0 Å². The third-order valence-electron chi connectivity index (χ3n) is 3.53. The van der Waals surface area contributed by atoms with Crippen molar-refractivity contribution in [2.24, 2.45) is 0 Å². The zero-order valence-electron chi connectivity index (χ0n) is 10.8. The van der Waals surface area contributed by atoms with Gasteiger partial charge in [-0.15, -0.1) is 0 Å². The molecule has 0 bridgehead atoms. The first-order valence-electron chi connectivity index (χ1n) is 6.46. The summed E-state index contributed by atoms with van der Waals surface area (Å²) in [5.74, 6) is 0. The van der Waals surface area contributed by atoms with Crippen LogP contribution >= 0.6 is 0 Å². The van der Waals surface area contributed by atoms with Crippen LogP contribution in [0.4, 0.5) is 0 Å². The molecule has 2 saturated heterocycles. The number of methoxy groups -OCH3 is 1. The number of rotatable bonds is 2. The van der Waals surface area contributed by atoms with Crippen LogP contribution in [0.3, 0.4) is 0 Å². The quantitative estimate of drug-likeness (QED) is 0.872. The van der Waals surface area contributed by atoms with E-state index in [0.717, 1.165) is 5.56 Å². The minimum Gasteiger partial charge on any atom is -0.388 e. The van der Waals surface area contributed by atoms with Gasteiger partial charge in [0.2, 0.25) is 0 Å². The summed E-state index contributed by atoms with van der Waals surface area (Å²) in [6, 6.07) is 9.76. The monoisotopic (exact) mass is 266 g/mol. The van der Waals surface area contributed by atoms with Gasteiger partial charge in [-0.1, -0.05) is 30.3 Å². The predicted molar refractivity (Wildman–Crippen MR) is 66.3 cm³/mol. The molecule has 2 aliphatic rings. The zero-order valence-corrected chi connectivity index (χ0v) is 10.8. The summed E-state index contributed by atoms with van der Waals surface area (Å²) in [6.07, 6.45) is -1.51. The van der Waals surface area contributed by atoms with E-state index in [1.807, 2.05) is 30.3 Å². The fourth-order valence-corrected chi connectivity index (χ4v) is 2.52. The SMILES string of the molecule is CO[C@@H]1O[C@H]2CO[C@@H](c3ccccc3)O[C@H]2C[C@H]1O. The second-order valence-electron chi connectivity index (χ2n) is 4.83. The number of fused-ring (bicyclic) bond motifs is 1. The fourth-order valence-electron chi connectivity index (χ4n) is 2.52. The average molecular weight is 266 g/mol. The van der Waals surface area contributed by atoms with Gasteiger partial charge in [0, 0.05) is 19.1 Å². The van der Waals surface area contributed by atoms with Gasteiger partial charge in [-0.25, -0.2) is 0 Å². The van der Waals surface area contributed by atoms with Crippen LogP contribution in [-0.4, -0.2) is 43.4 Å². The van der Waals surface area contributed by atoms with Crippen molar-refractivity contribution in [2.45, 2.75) is 37.3 Å². The van der Waals surface area contributed by atoms with E-state index in [9.17, 15) is 5.11 Å². The molecule has 0 radical (unpaired) electrons. The standard InChI is InChI=1S/C14H18O5/c1-16-14-10(15)7-11-12(19-14)8-17-13(18-11)9-5-3-2-4-6-9/h2-6,10-15H,7-8H2,1H3/t10-,11+,12+,13-,14-/m1/s1. The lowest BCUT2D eigenvalue weighted by atomic mass is 10.0. The van der Waals surface area contributed by atoms with Gasteiger partial charge < -0.3 is 24.1 Å². The average Bonchev–Trinajstić information content (AvgIpc) is 2.47. The molecular weight excluding hydrogens is 248 g/mol. The smallest absolute Gasteiger partial charge is 0.184 e. The van der Waals surface area contributed by atoms with E-state index < -0.39 is 18.7 Å². The van der Waals surface area contributed by atoms with E-state index in [0.29, 0.717) is 13.0 Å². The van der Waals surface area contributed by atoms with E-state index >= 15 is 0 Å². The van der Waals surface area contributed by atoms with Crippen LogP contribution in [-0.2, 0) is 18.9 Å². The lowest BCUT2D eigenvalue weighted by Gasteiger charge is -2.43. The lowest BCUT2D eigenvalue weighted by Crippen LogP contribution is -2.53. The first kappa shape index (κ1) is 13.0. The number of hydrogen-bond acceptors (Lipinski definition) is 5. The van der Waals surface area contributed by atoms with Crippen LogP contribution in [0.5, 0.6) is 0 Å². The molecule has 19 heavy (non-hydrogen) atoms. The molecule has 5 nitrogen and oxygen atoms in total. The Balaban J connectivity index is 1.68. The molecule has 5 heteroatoms. The molecule has 3 rings (SSSR count). The highest BCUT2D eigenvalue weighted by atomic mass is 16.7. The van der Waals surface area contributed by atoms with Crippen LogP contribution in [0.15, 0.2) is 30.3 Å². The second-order valence-corrected chi connectivity index (χ2v) is 4.83. The molecule has 1 aromatic carbocycles. The van der Waals surface area contributed by atoms with E-state index in [4.69, 9.17) is 18.9 Å². The number of ether oxygens (including phenoxy) is 4. The number of benzene rings is 1. The minimum absolute atomic E-state index is 0.166. The molecule has 0 unspecified atom stereocenters. The molecule has 1 N–H and O–H groups in total. The molecule has 104 valence electrons. The number of aliphatic hydroxyl groups excluding tert-OH is 1. The minimum atomic E-state index is -0.666. The summed E-state index contributed by atoms with van der Waals surface area (Å²) >= 11 is 0. The first-order chi connectivity index (χ1) is 9.28. The van der Waals surface area contributed by atoms with Gasteiger partial charge in [0.1, 0.15) is 12.2 Å². The van der Waals surface area contributed by atoms with Crippen LogP contribution in [0.2, 0.25) is 0 Å². The van der Waals surface area contributed by atoms with Gasteiger partial charge in [-0.2, -0.15) is 0 Å². The summed E-state index contributed by atoms with van der Waals surface area (Å²) in [5.41, 5.74) is 0.976. The number of hydrogen-bond donors (Lipinski definition) is 1. The molecule has 2 aliphatic heterocycles. The molecule has 0 aliphatic carbocycles. The van der Waals surface area contributed by atoms with Crippen molar-refractivity contribution in [3.63, 3.8) is 0 Å². The fraction of sp³-hybridized carbons (Fsp3) is 0.571. The largest absolute Gasteiger partial charge is 0.388 e. The summed E-state index contributed by atoms with van der Waals surface area (Å²) in [6.45, 7) is 0.441. The second kappa shape index (κ2) is 5.56. The highest BCUT2D eigenvalue weighted by Gasteiger charge is 2.42. The molecule has 0 saturated carbocycles. The van der Waals surface area contributed by atoms with Crippen molar-refractivity contribution in [3.05, 3.63) is 35.9 Å². The Morgan fingerprint density at radius 3 is 2.68 bits per heavy atom. The molecule has 0 amide bonds. The molecule has 5 atom stereocenters. The molecule has 0 aromatic heterocycles. The third-order valence-corrected chi connectivity index (χ3v) is 3.53. The van der Waals surface area contributed by atoms with Gasteiger partial charge in [0.15, 0.2) is 12.6 Å². The van der Waals surface area contributed by atoms with Crippen molar-refractivity contribution in [2.75, 3.05) is 13.7 Å². The topological polar surface area (TPSA) is 57.2 Å². The summed E-state index contributed by atoms with van der Waals surface area (Å²) < 4.78 is 22.2. The Labute approximate surface area is 112 Å².